The van der Waals surface area contributed by atoms with Gasteiger partial charge in [0.05, 0.1) is 16.8 Å². The zero-order valence-electron chi connectivity index (χ0n) is 17.5. The van der Waals surface area contributed by atoms with Gasteiger partial charge in [0.15, 0.2) is 6.10 Å². The van der Waals surface area contributed by atoms with Crippen molar-refractivity contribution in [2.75, 3.05) is 0 Å². The lowest BCUT2D eigenvalue weighted by Crippen LogP contribution is -2.24. The summed E-state index contributed by atoms with van der Waals surface area (Å²) >= 11 is 0. The minimum absolute atomic E-state index is 0.267. The fourth-order valence-corrected chi connectivity index (χ4v) is 3.35. The minimum atomic E-state index is -0.932. The molecule has 4 rings (SSSR count). The highest BCUT2D eigenvalue weighted by molar-refractivity contribution is 6.10. The fraction of sp³-hybridized carbons (Fsp3) is 0.208. The molecule has 0 aliphatic heterocycles. The van der Waals surface area contributed by atoms with Crippen LogP contribution >= 0.6 is 0 Å². The molecule has 31 heavy (non-hydrogen) atoms. The van der Waals surface area contributed by atoms with Crippen molar-refractivity contribution in [1.82, 2.24) is 10.1 Å². The largest absolute Gasteiger partial charge is 0.489 e. The van der Waals surface area contributed by atoms with Crippen molar-refractivity contribution in [3.05, 3.63) is 82.9 Å². The summed E-state index contributed by atoms with van der Waals surface area (Å²) in [6.45, 7) is 5.50. The van der Waals surface area contributed by atoms with Gasteiger partial charge in [-0.05, 0) is 45.0 Å². The average Bonchev–Trinajstić information content (AvgIpc) is 3.35. The summed E-state index contributed by atoms with van der Waals surface area (Å²) in [5.41, 5.74) is 3.28. The average molecular weight is 418 g/mol. The van der Waals surface area contributed by atoms with Crippen LogP contribution in [0.1, 0.15) is 44.7 Å². The first-order valence-electron chi connectivity index (χ1n) is 9.90. The Morgan fingerprint density at radius 3 is 2.71 bits per heavy atom. The monoisotopic (exact) mass is 418 g/mol. The number of benzene rings is 2. The second kappa shape index (κ2) is 8.47. The number of Topliss-reactive ketones (excluding diaryl/α,β-unsaturated/α-hetero) is 1. The summed E-state index contributed by atoms with van der Waals surface area (Å²) in [7, 11) is 0. The summed E-state index contributed by atoms with van der Waals surface area (Å²) in [6.07, 6.45) is 0.708. The molecular weight excluding hydrogens is 396 g/mol. The summed E-state index contributed by atoms with van der Waals surface area (Å²) in [5, 5.41) is 4.70. The van der Waals surface area contributed by atoms with Crippen LogP contribution in [-0.2, 0) is 11.3 Å². The van der Waals surface area contributed by atoms with E-state index in [4.69, 9.17) is 14.0 Å². The predicted molar refractivity (Wildman–Crippen MR) is 114 cm³/mol. The van der Waals surface area contributed by atoms with Crippen molar-refractivity contribution < 1.29 is 23.6 Å². The maximum atomic E-state index is 12.8. The van der Waals surface area contributed by atoms with Crippen LogP contribution in [0.4, 0.5) is 0 Å². The Kier molecular flexibility index (Phi) is 5.58. The second-order valence-electron chi connectivity index (χ2n) is 7.28. The van der Waals surface area contributed by atoms with E-state index < -0.39 is 12.1 Å². The Morgan fingerprint density at radius 1 is 1.13 bits per heavy atom. The molecule has 4 aromatic rings. The topological polar surface area (TPSA) is 94.4 Å². The quantitative estimate of drug-likeness (QED) is 0.343. The molecule has 0 fully saturated rings. The van der Waals surface area contributed by atoms with E-state index in [9.17, 15) is 9.59 Å². The molecule has 0 saturated carbocycles. The number of H-pyrrole nitrogens is 1. The molecule has 0 spiro atoms. The first kappa shape index (κ1) is 20.4. The number of fused-ring (bicyclic) bond motifs is 1. The third-order valence-corrected chi connectivity index (χ3v) is 5.14. The number of hydrogen-bond donors (Lipinski definition) is 1. The van der Waals surface area contributed by atoms with Gasteiger partial charge in [0.1, 0.15) is 18.1 Å². The standard InChI is InChI=1S/C24H22N2O5/c1-14-21(15(2)31-26-14)13-29-18-8-6-7-17(11-18)24(28)30-16(3)23(27)20-12-25-22-10-5-4-9-19(20)22/h4-12,16,25H,13H2,1-3H3. The van der Waals surface area contributed by atoms with E-state index in [0.717, 1.165) is 22.2 Å². The van der Waals surface area contributed by atoms with Crippen LogP contribution < -0.4 is 4.74 Å². The second-order valence-corrected chi connectivity index (χ2v) is 7.28. The van der Waals surface area contributed by atoms with Crippen molar-refractivity contribution in [2.24, 2.45) is 0 Å². The zero-order valence-corrected chi connectivity index (χ0v) is 17.5. The van der Waals surface area contributed by atoms with Gasteiger partial charge in [-0.3, -0.25) is 4.79 Å². The van der Waals surface area contributed by atoms with E-state index in [1.807, 2.05) is 38.1 Å². The van der Waals surface area contributed by atoms with E-state index in [2.05, 4.69) is 10.1 Å². The Morgan fingerprint density at radius 2 is 1.94 bits per heavy atom. The van der Waals surface area contributed by atoms with Gasteiger partial charge >= 0.3 is 5.97 Å². The zero-order chi connectivity index (χ0) is 22.0. The van der Waals surface area contributed by atoms with E-state index >= 15 is 0 Å². The SMILES string of the molecule is Cc1noc(C)c1COc1cccc(C(=O)OC(C)C(=O)c2c[nH]c3ccccc23)c1. The third-order valence-electron chi connectivity index (χ3n) is 5.14. The maximum Gasteiger partial charge on any atom is 0.338 e. The van der Waals surface area contributed by atoms with Crippen LogP contribution in [0.15, 0.2) is 59.3 Å². The number of rotatable bonds is 7. The summed E-state index contributed by atoms with van der Waals surface area (Å²) < 4.78 is 16.3. The number of nitrogens with one attached hydrogen (secondary N) is 1. The van der Waals surface area contributed by atoms with Gasteiger partial charge in [-0.15, -0.1) is 0 Å². The lowest BCUT2D eigenvalue weighted by atomic mass is 10.1. The highest BCUT2D eigenvalue weighted by Crippen LogP contribution is 2.22. The number of carbonyl (C=O) groups is 2. The van der Waals surface area contributed by atoms with E-state index in [-0.39, 0.29) is 12.4 Å². The van der Waals surface area contributed by atoms with Gasteiger partial charge in [0.25, 0.3) is 0 Å². The Hall–Kier alpha value is -3.87. The molecule has 0 aliphatic carbocycles. The number of hydrogen-bond acceptors (Lipinski definition) is 6. The van der Waals surface area contributed by atoms with Gasteiger partial charge in [-0.2, -0.15) is 0 Å². The van der Waals surface area contributed by atoms with Crippen molar-refractivity contribution in [2.45, 2.75) is 33.5 Å². The van der Waals surface area contributed by atoms with Crippen LogP contribution in [-0.4, -0.2) is 28.0 Å². The van der Waals surface area contributed by atoms with E-state index in [0.29, 0.717) is 22.6 Å². The van der Waals surface area contributed by atoms with Crippen LogP contribution in [0.2, 0.25) is 0 Å². The molecule has 0 radical (unpaired) electrons. The Labute approximate surface area is 179 Å². The summed E-state index contributed by atoms with van der Waals surface area (Å²) in [6, 6.07) is 14.1. The first-order valence-corrected chi connectivity index (χ1v) is 9.90. The number of aromatic amines is 1. The van der Waals surface area contributed by atoms with Gasteiger partial charge in [0, 0.05) is 22.7 Å². The fourth-order valence-electron chi connectivity index (χ4n) is 3.35. The highest BCUT2D eigenvalue weighted by Gasteiger charge is 2.23. The van der Waals surface area contributed by atoms with Crippen molar-refractivity contribution in [1.29, 1.82) is 0 Å². The Balaban J connectivity index is 1.43. The number of ether oxygens (including phenoxy) is 2. The van der Waals surface area contributed by atoms with Crippen LogP contribution in [0.3, 0.4) is 0 Å². The van der Waals surface area contributed by atoms with Gasteiger partial charge in [0.2, 0.25) is 5.78 Å². The van der Waals surface area contributed by atoms with E-state index in [1.54, 1.807) is 37.4 Å². The molecule has 1 unspecified atom stereocenters. The molecular formula is C24H22N2O5. The normalized spacial score (nSPS) is 12.0. The molecule has 2 heterocycles. The third kappa shape index (κ3) is 4.21. The van der Waals surface area contributed by atoms with E-state index in [1.165, 1.54) is 0 Å². The number of aryl methyl sites for hydroxylation is 2. The predicted octanol–water partition coefficient (Wildman–Crippen LogP) is 4.78. The highest BCUT2D eigenvalue weighted by atomic mass is 16.5. The lowest BCUT2D eigenvalue weighted by molar-refractivity contribution is 0.0319. The minimum Gasteiger partial charge on any atom is -0.489 e. The van der Waals surface area contributed by atoms with Crippen LogP contribution in [0, 0.1) is 13.8 Å². The molecule has 7 heteroatoms. The summed E-state index contributed by atoms with van der Waals surface area (Å²) in [4.78, 5) is 28.5. The maximum absolute atomic E-state index is 12.8. The number of nitrogens with zero attached hydrogens (tertiary/aromatic N) is 1. The molecule has 2 aromatic heterocycles. The van der Waals surface area contributed by atoms with Crippen molar-refractivity contribution in [3.63, 3.8) is 0 Å². The number of para-hydroxylation sites is 1. The molecule has 1 atom stereocenters. The molecule has 0 saturated heterocycles. The van der Waals surface area contributed by atoms with Crippen LogP contribution in [0.25, 0.3) is 10.9 Å². The summed E-state index contributed by atoms with van der Waals surface area (Å²) in [5.74, 6) is 0.336. The van der Waals surface area contributed by atoms with Crippen LogP contribution in [0.5, 0.6) is 5.75 Å². The molecule has 7 nitrogen and oxygen atoms in total. The number of ketones is 1. The smallest absolute Gasteiger partial charge is 0.338 e. The van der Waals surface area contributed by atoms with Crippen molar-refractivity contribution in [3.8, 4) is 5.75 Å². The van der Waals surface area contributed by atoms with Gasteiger partial charge in [-0.1, -0.05) is 29.4 Å². The number of carbonyl (C=O) groups excluding carboxylic acids is 2. The molecule has 158 valence electrons. The number of esters is 1. The van der Waals surface area contributed by atoms with Gasteiger partial charge in [-0.25, -0.2) is 4.79 Å². The van der Waals surface area contributed by atoms with Crippen molar-refractivity contribution >= 4 is 22.7 Å². The van der Waals surface area contributed by atoms with Gasteiger partial charge < -0.3 is 19.0 Å². The molecule has 0 amide bonds. The first-order chi connectivity index (χ1) is 14.9. The molecule has 1 N–H and O–H groups in total. The molecule has 0 bridgehead atoms. The molecule has 2 aromatic carbocycles. The molecule has 0 aliphatic rings. The lowest BCUT2D eigenvalue weighted by Gasteiger charge is -2.13. The number of aromatic nitrogens is 2. The Bertz CT molecular complexity index is 1230.